The number of carboxylic acid groups (broad SMARTS) is 1. The first-order chi connectivity index (χ1) is 8.28. The highest BCUT2D eigenvalue weighted by Gasteiger charge is 2.28. The van der Waals surface area contributed by atoms with Gasteiger partial charge in [0.15, 0.2) is 6.61 Å². The highest BCUT2D eigenvalue weighted by atomic mass is 19.4. The Kier molecular flexibility index (Phi) is 4.55. The van der Waals surface area contributed by atoms with Gasteiger partial charge in [-0.15, -0.1) is 0 Å². The largest absolute Gasteiger partial charge is 0.484 e. The van der Waals surface area contributed by atoms with Crippen LogP contribution >= 0.6 is 0 Å². The van der Waals surface area contributed by atoms with E-state index >= 15 is 0 Å². The fourth-order valence-electron chi connectivity index (χ4n) is 1.23. The first-order valence-corrected chi connectivity index (χ1v) is 5.05. The predicted octanol–water partition coefficient (Wildman–Crippen LogP) is 1.58. The van der Waals surface area contributed by atoms with E-state index in [4.69, 9.17) is 10.8 Å². The lowest BCUT2D eigenvalue weighted by molar-refractivity contribution is -0.153. The predicted molar refractivity (Wildman–Crippen MR) is 57.3 cm³/mol. The zero-order valence-electron chi connectivity index (χ0n) is 9.28. The van der Waals surface area contributed by atoms with Crippen LogP contribution in [0.5, 0.6) is 5.75 Å². The minimum atomic E-state index is -4.38. The molecule has 0 saturated carbocycles. The van der Waals surface area contributed by atoms with Crippen LogP contribution in [0, 0.1) is 0 Å². The number of halogens is 3. The normalized spacial score (nSPS) is 13.1. The van der Waals surface area contributed by atoms with E-state index < -0.39 is 24.8 Å². The van der Waals surface area contributed by atoms with E-state index in [-0.39, 0.29) is 12.2 Å². The zero-order chi connectivity index (χ0) is 13.8. The van der Waals surface area contributed by atoms with E-state index in [1.807, 2.05) is 0 Å². The van der Waals surface area contributed by atoms with Crippen LogP contribution in [0.2, 0.25) is 0 Å². The Morgan fingerprint density at radius 1 is 1.33 bits per heavy atom. The summed E-state index contributed by atoms with van der Waals surface area (Å²) in [6, 6.07) is 4.61. The van der Waals surface area contributed by atoms with Crippen molar-refractivity contribution >= 4 is 5.97 Å². The summed E-state index contributed by atoms with van der Waals surface area (Å²) >= 11 is 0. The average Bonchev–Trinajstić information content (AvgIpc) is 2.27. The lowest BCUT2D eigenvalue weighted by Crippen LogP contribution is -2.32. The van der Waals surface area contributed by atoms with Gasteiger partial charge in [-0.3, -0.25) is 4.79 Å². The van der Waals surface area contributed by atoms with E-state index in [2.05, 4.69) is 4.74 Å². The second-order valence-electron chi connectivity index (χ2n) is 3.70. The fraction of sp³-hybridized carbons (Fsp3) is 0.364. The van der Waals surface area contributed by atoms with Crippen LogP contribution in [0.3, 0.4) is 0 Å². The van der Waals surface area contributed by atoms with E-state index in [9.17, 15) is 18.0 Å². The molecule has 7 heteroatoms. The van der Waals surface area contributed by atoms with Crippen molar-refractivity contribution in [3.05, 3.63) is 29.8 Å². The summed E-state index contributed by atoms with van der Waals surface area (Å²) < 4.78 is 40.1. The SMILES string of the molecule is N[C@H](Cc1ccc(OCC(F)(F)F)cc1)C(=O)O. The third-order valence-electron chi connectivity index (χ3n) is 2.10. The Morgan fingerprint density at radius 3 is 2.33 bits per heavy atom. The molecule has 0 fully saturated rings. The summed E-state index contributed by atoms with van der Waals surface area (Å²) in [5.41, 5.74) is 5.94. The first-order valence-electron chi connectivity index (χ1n) is 5.05. The molecule has 0 amide bonds. The van der Waals surface area contributed by atoms with Gasteiger partial charge in [-0.1, -0.05) is 12.1 Å². The zero-order valence-corrected chi connectivity index (χ0v) is 9.28. The van der Waals surface area contributed by atoms with E-state index in [0.717, 1.165) is 0 Å². The molecule has 1 rings (SSSR count). The molecule has 0 aliphatic carbocycles. The lowest BCUT2D eigenvalue weighted by Gasteiger charge is -2.10. The third-order valence-corrected chi connectivity index (χ3v) is 2.10. The molecule has 3 N–H and O–H groups in total. The number of aliphatic carboxylic acids is 1. The fourth-order valence-corrected chi connectivity index (χ4v) is 1.23. The van der Waals surface area contributed by atoms with Crippen LogP contribution < -0.4 is 10.5 Å². The van der Waals surface area contributed by atoms with E-state index in [0.29, 0.717) is 5.56 Å². The Morgan fingerprint density at radius 2 is 1.89 bits per heavy atom. The summed E-state index contributed by atoms with van der Waals surface area (Å²) in [6.45, 7) is -1.36. The number of hydrogen-bond acceptors (Lipinski definition) is 3. The van der Waals surface area contributed by atoms with Gasteiger partial charge in [-0.2, -0.15) is 13.2 Å². The van der Waals surface area contributed by atoms with Gasteiger partial charge in [-0.25, -0.2) is 0 Å². The van der Waals surface area contributed by atoms with Crippen molar-refractivity contribution in [3.63, 3.8) is 0 Å². The number of alkyl halides is 3. The van der Waals surface area contributed by atoms with Crippen LogP contribution in [0.1, 0.15) is 5.56 Å². The molecule has 0 bridgehead atoms. The number of rotatable bonds is 5. The van der Waals surface area contributed by atoms with Crippen molar-refractivity contribution in [2.45, 2.75) is 18.6 Å². The number of hydrogen-bond donors (Lipinski definition) is 2. The molecule has 0 radical (unpaired) electrons. The van der Waals surface area contributed by atoms with Crippen molar-refractivity contribution in [2.24, 2.45) is 5.73 Å². The Hall–Kier alpha value is -1.76. The number of ether oxygens (including phenoxy) is 1. The van der Waals surface area contributed by atoms with Crippen LogP contribution in [-0.2, 0) is 11.2 Å². The van der Waals surface area contributed by atoms with Gasteiger partial charge in [0.05, 0.1) is 0 Å². The molecule has 4 nitrogen and oxygen atoms in total. The molecule has 18 heavy (non-hydrogen) atoms. The number of carboxylic acids is 1. The van der Waals surface area contributed by atoms with Gasteiger partial charge >= 0.3 is 12.1 Å². The van der Waals surface area contributed by atoms with Gasteiger partial charge in [0.2, 0.25) is 0 Å². The maximum Gasteiger partial charge on any atom is 0.422 e. The van der Waals surface area contributed by atoms with Gasteiger partial charge in [0.25, 0.3) is 0 Å². The van der Waals surface area contributed by atoms with Gasteiger partial charge < -0.3 is 15.6 Å². The smallest absolute Gasteiger partial charge is 0.422 e. The minimum absolute atomic E-state index is 0.0694. The van der Waals surface area contributed by atoms with Gasteiger partial charge in [-0.05, 0) is 24.1 Å². The maximum absolute atomic E-state index is 11.9. The number of benzene rings is 1. The molecule has 0 heterocycles. The number of nitrogens with two attached hydrogens (primary N) is 1. The standard InChI is InChI=1S/C11H12F3NO3/c12-11(13,14)6-18-8-3-1-7(2-4-8)5-9(15)10(16)17/h1-4,9H,5-6,15H2,(H,16,17)/t9-/m1/s1. The topological polar surface area (TPSA) is 72.5 Å². The van der Waals surface area contributed by atoms with Crippen LogP contribution in [0.15, 0.2) is 24.3 Å². The Balaban J connectivity index is 2.55. The van der Waals surface area contributed by atoms with Gasteiger partial charge in [0.1, 0.15) is 11.8 Å². The summed E-state index contributed by atoms with van der Waals surface area (Å²) in [6.07, 6.45) is -4.28. The van der Waals surface area contributed by atoms with E-state index in [1.54, 1.807) is 0 Å². The van der Waals surface area contributed by atoms with Crippen molar-refractivity contribution in [2.75, 3.05) is 6.61 Å². The van der Waals surface area contributed by atoms with Crippen LogP contribution in [0.4, 0.5) is 13.2 Å². The molecule has 100 valence electrons. The maximum atomic E-state index is 11.9. The third kappa shape index (κ3) is 5.05. The minimum Gasteiger partial charge on any atom is -0.484 e. The van der Waals surface area contributed by atoms with Crippen molar-refractivity contribution in [1.82, 2.24) is 0 Å². The molecule has 0 spiro atoms. The lowest BCUT2D eigenvalue weighted by atomic mass is 10.1. The molecule has 0 aliphatic rings. The highest BCUT2D eigenvalue weighted by molar-refractivity contribution is 5.73. The van der Waals surface area contributed by atoms with Gasteiger partial charge in [0, 0.05) is 0 Å². The average molecular weight is 263 g/mol. The summed E-state index contributed by atoms with van der Waals surface area (Å²) in [5.74, 6) is -1.06. The molecular formula is C11H12F3NO3. The quantitative estimate of drug-likeness (QED) is 0.846. The van der Waals surface area contributed by atoms with E-state index in [1.165, 1.54) is 24.3 Å². The molecule has 0 unspecified atom stereocenters. The molecule has 0 aromatic heterocycles. The molecule has 0 saturated heterocycles. The molecule has 1 aromatic rings. The Bertz CT molecular complexity index is 403. The Labute approximate surface area is 101 Å². The van der Waals surface area contributed by atoms with Crippen LogP contribution in [-0.4, -0.2) is 29.9 Å². The monoisotopic (exact) mass is 263 g/mol. The van der Waals surface area contributed by atoms with Crippen molar-refractivity contribution < 1.29 is 27.8 Å². The molecule has 1 aromatic carbocycles. The second-order valence-corrected chi connectivity index (χ2v) is 3.70. The van der Waals surface area contributed by atoms with Crippen molar-refractivity contribution in [3.8, 4) is 5.75 Å². The second kappa shape index (κ2) is 5.72. The van der Waals surface area contributed by atoms with Crippen LogP contribution in [0.25, 0.3) is 0 Å². The summed E-state index contributed by atoms with van der Waals surface area (Å²) in [5, 5.41) is 8.60. The molecule has 0 aliphatic heterocycles. The first kappa shape index (κ1) is 14.3. The number of carbonyl (C=O) groups is 1. The van der Waals surface area contributed by atoms with Crippen molar-refractivity contribution in [1.29, 1.82) is 0 Å². The highest BCUT2D eigenvalue weighted by Crippen LogP contribution is 2.19. The molecule has 1 atom stereocenters. The molecular weight excluding hydrogens is 251 g/mol. The summed E-state index contributed by atoms with van der Waals surface area (Å²) in [7, 11) is 0. The summed E-state index contributed by atoms with van der Waals surface area (Å²) in [4.78, 5) is 10.5.